The third-order valence-electron chi connectivity index (χ3n) is 6.21. The van der Waals surface area contributed by atoms with Crippen molar-refractivity contribution in [1.29, 1.82) is 0 Å². The van der Waals surface area contributed by atoms with Crippen LogP contribution in [0.25, 0.3) is 16.6 Å². The Morgan fingerprint density at radius 3 is 2.45 bits per heavy atom. The van der Waals surface area contributed by atoms with Crippen molar-refractivity contribution in [2.45, 2.75) is 37.4 Å². The second kappa shape index (κ2) is 7.64. The van der Waals surface area contributed by atoms with Gasteiger partial charge in [0.1, 0.15) is 11.5 Å². The Balaban J connectivity index is 1.49. The third-order valence-corrected chi connectivity index (χ3v) is 8.48. The number of sulfonamides is 1. The van der Waals surface area contributed by atoms with Gasteiger partial charge in [-0.3, -0.25) is 4.90 Å². The molecule has 0 unspecified atom stereocenters. The molecule has 1 saturated carbocycles. The number of aromatic nitrogens is 2. The van der Waals surface area contributed by atoms with Crippen molar-refractivity contribution in [3.63, 3.8) is 0 Å². The van der Waals surface area contributed by atoms with Gasteiger partial charge >= 0.3 is 6.03 Å². The van der Waals surface area contributed by atoms with Gasteiger partial charge in [-0.15, -0.1) is 0 Å². The SMILES string of the molecule is O=C1N(c2cccc3c2cnn3-c2ccccc2F)CCN1S(=O)(=O)C1CCCCC1. The summed E-state index contributed by atoms with van der Waals surface area (Å²) < 4.78 is 43.0. The first kappa shape index (κ1) is 20.0. The second-order valence-corrected chi connectivity index (χ2v) is 10.2. The fourth-order valence-electron chi connectivity index (χ4n) is 4.61. The normalized spacial score (nSPS) is 18.3. The smallest absolute Gasteiger partial charge is 0.291 e. The van der Waals surface area contributed by atoms with Crippen LogP contribution in [0.2, 0.25) is 0 Å². The van der Waals surface area contributed by atoms with Gasteiger partial charge in [-0.25, -0.2) is 26.6 Å². The average Bonchev–Trinajstić information content (AvgIpc) is 3.39. The number of carbonyl (C=O) groups excluding carboxylic acids is 1. The van der Waals surface area contributed by atoms with Gasteiger partial charge in [0.2, 0.25) is 10.0 Å². The lowest BCUT2D eigenvalue weighted by Gasteiger charge is -2.27. The number of benzene rings is 2. The van der Waals surface area contributed by atoms with Crippen molar-refractivity contribution in [2.24, 2.45) is 0 Å². The molecule has 0 spiro atoms. The molecule has 9 heteroatoms. The van der Waals surface area contributed by atoms with Gasteiger partial charge < -0.3 is 0 Å². The van der Waals surface area contributed by atoms with Crippen LogP contribution in [0.1, 0.15) is 32.1 Å². The fraction of sp³-hybridized carbons (Fsp3) is 0.364. The molecule has 0 radical (unpaired) electrons. The van der Waals surface area contributed by atoms with Crippen LogP contribution in [0.4, 0.5) is 14.9 Å². The van der Waals surface area contributed by atoms with Crippen molar-refractivity contribution in [3.05, 3.63) is 54.5 Å². The largest absolute Gasteiger partial charge is 0.338 e. The van der Waals surface area contributed by atoms with E-state index in [1.165, 1.54) is 15.6 Å². The van der Waals surface area contributed by atoms with E-state index in [0.29, 0.717) is 35.1 Å². The summed E-state index contributed by atoms with van der Waals surface area (Å²) in [5.41, 5.74) is 1.53. The molecular formula is C22H23FN4O3S. The molecular weight excluding hydrogens is 419 g/mol. The number of hydrogen-bond donors (Lipinski definition) is 0. The van der Waals surface area contributed by atoms with Gasteiger partial charge in [0.15, 0.2) is 0 Å². The summed E-state index contributed by atoms with van der Waals surface area (Å²) in [6.07, 6.45) is 5.60. The van der Waals surface area contributed by atoms with E-state index in [4.69, 9.17) is 0 Å². The lowest BCUT2D eigenvalue weighted by atomic mass is 10.0. The first-order chi connectivity index (χ1) is 15.0. The van der Waals surface area contributed by atoms with E-state index in [0.717, 1.165) is 23.6 Å². The highest BCUT2D eigenvalue weighted by Crippen LogP contribution is 2.34. The number of rotatable bonds is 4. The lowest BCUT2D eigenvalue weighted by Crippen LogP contribution is -2.42. The van der Waals surface area contributed by atoms with Crippen LogP contribution >= 0.6 is 0 Å². The number of hydrogen-bond acceptors (Lipinski definition) is 4. The standard InChI is InChI=1S/C22H23FN4O3S/c23-18-9-4-5-10-21(18)27-20-12-6-11-19(17(20)15-24-27)25-13-14-26(22(25)28)31(29,30)16-7-2-1-3-8-16/h4-6,9-12,15-16H,1-3,7-8,13-14H2. The van der Waals surface area contributed by atoms with Crippen LogP contribution in [-0.2, 0) is 10.0 Å². The van der Waals surface area contributed by atoms with E-state index in [1.54, 1.807) is 42.6 Å². The average molecular weight is 443 g/mol. The first-order valence-electron chi connectivity index (χ1n) is 10.5. The molecule has 0 N–H and O–H groups in total. The van der Waals surface area contributed by atoms with E-state index < -0.39 is 27.1 Å². The number of urea groups is 1. The minimum Gasteiger partial charge on any atom is -0.291 e. The number of halogens is 1. The molecule has 3 aromatic rings. The summed E-state index contributed by atoms with van der Waals surface area (Å²) in [6.45, 7) is 0.407. The Labute approximate surface area is 180 Å². The summed E-state index contributed by atoms with van der Waals surface area (Å²) >= 11 is 0. The van der Waals surface area contributed by atoms with Crippen molar-refractivity contribution < 1.29 is 17.6 Å². The minimum absolute atomic E-state index is 0.134. The topological polar surface area (TPSA) is 75.5 Å². The summed E-state index contributed by atoms with van der Waals surface area (Å²) in [7, 11) is -3.68. The van der Waals surface area contributed by atoms with Crippen molar-refractivity contribution in [3.8, 4) is 5.69 Å². The number of fused-ring (bicyclic) bond motifs is 1. The molecule has 0 atom stereocenters. The van der Waals surface area contributed by atoms with E-state index in [-0.39, 0.29) is 13.1 Å². The van der Waals surface area contributed by atoms with E-state index in [9.17, 15) is 17.6 Å². The molecule has 2 amide bonds. The first-order valence-corrected chi connectivity index (χ1v) is 12.0. The second-order valence-electron chi connectivity index (χ2n) is 8.03. The Hall–Kier alpha value is -2.94. The third kappa shape index (κ3) is 3.27. The minimum atomic E-state index is -3.68. The fourth-order valence-corrected chi connectivity index (χ4v) is 6.55. The molecule has 2 heterocycles. The van der Waals surface area contributed by atoms with Crippen LogP contribution in [-0.4, -0.2) is 46.9 Å². The molecule has 1 aromatic heterocycles. The van der Waals surface area contributed by atoms with E-state index in [1.807, 2.05) is 0 Å². The highest BCUT2D eigenvalue weighted by atomic mass is 32.2. The molecule has 5 rings (SSSR count). The molecule has 2 aromatic carbocycles. The van der Waals surface area contributed by atoms with Crippen molar-refractivity contribution in [1.82, 2.24) is 14.1 Å². The highest BCUT2D eigenvalue weighted by molar-refractivity contribution is 7.90. The van der Waals surface area contributed by atoms with Gasteiger partial charge in [-0.05, 0) is 37.1 Å². The molecule has 2 aliphatic rings. The molecule has 31 heavy (non-hydrogen) atoms. The summed E-state index contributed by atoms with van der Waals surface area (Å²) in [5, 5.41) is 4.51. The number of anilines is 1. The van der Waals surface area contributed by atoms with Crippen molar-refractivity contribution in [2.75, 3.05) is 18.0 Å². The maximum absolute atomic E-state index is 14.3. The molecule has 0 bridgehead atoms. The highest BCUT2D eigenvalue weighted by Gasteiger charge is 2.42. The number of carbonyl (C=O) groups is 1. The summed E-state index contributed by atoms with van der Waals surface area (Å²) in [6, 6.07) is 11.1. The zero-order chi connectivity index (χ0) is 21.6. The van der Waals surface area contributed by atoms with Gasteiger partial charge in [-0.2, -0.15) is 5.10 Å². The Bertz CT molecular complexity index is 1250. The number of para-hydroxylation sites is 1. The van der Waals surface area contributed by atoms with Crippen LogP contribution in [0.5, 0.6) is 0 Å². The number of amides is 2. The molecule has 7 nitrogen and oxygen atoms in total. The Morgan fingerprint density at radius 1 is 0.935 bits per heavy atom. The van der Waals surface area contributed by atoms with E-state index in [2.05, 4.69) is 5.10 Å². The zero-order valence-corrected chi connectivity index (χ0v) is 17.8. The van der Waals surface area contributed by atoms with Gasteiger partial charge in [0, 0.05) is 11.9 Å². The summed E-state index contributed by atoms with van der Waals surface area (Å²) in [5.74, 6) is -0.403. The Kier molecular flexibility index (Phi) is 4.92. The number of nitrogens with zero attached hydrogens (tertiary/aromatic N) is 4. The Morgan fingerprint density at radius 2 is 1.68 bits per heavy atom. The lowest BCUT2D eigenvalue weighted by molar-refractivity contribution is 0.239. The quantitative estimate of drug-likeness (QED) is 0.610. The zero-order valence-electron chi connectivity index (χ0n) is 16.9. The van der Waals surface area contributed by atoms with Crippen LogP contribution < -0.4 is 4.90 Å². The van der Waals surface area contributed by atoms with Gasteiger partial charge in [-0.1, -0.05) is 37.5 Å². The van der Waals surface area contributed by atoms with E-state index >= 15 is 0 Å². The maximum Gasteiger partial charge on any atom is 0.338 e. The van der Waals surface area contributed by atoms with Crippen LogP contribution in [0, 0.1) is 5.82 Å². The van der Waals surface area contributed by atoms with Crippen molar-refractivity contribution >= 4 is 32.6 Å². The van der Waals surface area contributed by atoms with Gasteiger partial charge in [0.25, 0.3) is 0 Å². The van der Waals surface area contributed by atoms with Crippen LogP contribution in [0.3, 0.4) is 0 Å². The van der Waals surface area contributed by atoms with Gasteiger partial charge in [0.05, 0.1) is 29.2 Å². The summed E-state index contributed by atoms with van der Waals surface area (Å²) in [4.78, 5) is 14.6. The molecule has 162 valence electrons. The molecule has 1 aliphatic heterocycles. The molecule has 2 fully saturated rings. The predicted octanol–water partition coefficient (Wildman–Crippen LogP) is 4.07. The van der Waals surface area contributed by atoms with Crippen LogP contribution in [0.15, 0.2) is 48.7 Å². The maximum atomic E-state index is 14.3. The predicted molar refractivity (Wildman–Crippen MR) is 116 cm³/mol. The monoisotopic (exact) mass is 442 g/mol. The molecule has 1 saturated heterocycles. The molecule has 1 aliphatic carbocycles.